The minimum atomic E-state index is -0.269. The number of nitrogens with one attached hydrogen (secondary N) is 1. The van der Waals surface area contributed by atoms with Gasteiger partial charge in [-0.1, -0.05) is 13.0 Å². The van der Waals surface area contributed by atoms with Gasteiger partial charge in [-0.15, -0.1) is 0 Å². The maximum Gasteiger partial charge on any atom is 0.165 e. The molecule has 0 radical (unpaired) electrons. The fourth-order valence-corrected chi connectivity index (χ4v) is 3.33. The summed E-state index contributed by atoms with van der Waals surface area (Å²) in [7, 11) is 3.48. The molecule has 2 atom stereocenters. The molecule has 0 amide bonds. The zero-order valence-electron chi connectivity index (χ0n) is 12.7. The average molecular weight is 280 g/mol. The molecule has 0 aromatic heterocycles. The number of piperidine rings is 1. The van der Waals surface area contributed by atoms with Crippen molar-refractivity contribution in [2.24, 2.45) is 5.92 Å². The summed E-state index contributed by atoms with van der Waals surface area (Å²) in [5.74, 6) is 0.578. The molecule has 2 unspecified atom stereocenters. The number of methoxy groups -OCH3 is 1. The number of likely N-dealkylation sites (tertiary alicyclic amines) is 1. The van der Waals surface area contributed by atoms with Gasteiger partial charge in [0.25, 0.3) is 0 Å². The number of hydrogen-bond donors (Lipinski definition) is 1. The fourth-order valence-electron chi connectivity index (χ4n) is 3.33. The van der Waals surface area contributed by atoms with Gasteiger partial charge in [0.2, 0.25) is 0 Å². The Labute approximate surface area is 121 Å². The topological polar surface area (TPSA) is 24.5 Å². The van der Waals surface area contributed by atoms with E-state index in [1.165, 1.54) is 20.0 Å². The first-order chi connectivity index (χ1) is 9.71. The van der Waals surface area contributed by atoms with Gasteiger partial charge in [0.05, 0.1) is 7.11 Å². The molecule has 0 aliphatic carbocycles. The van der Waals surface area contributed by atoms with Crippen LogP contribution in [-0.4, -0.2) is 38.7 Å². The van der Waals surface area contributed by atoms with E-state index >= 15 is 0 Å². The Morgan fingerprint density at radius 2 is 2.25 bits per heavy atom. The summed E-state index contributed by atoms with van der Waals surface area (Å²) in [6.45, 7) is 5.23. The lowest BCUT2D eigenvalue weighted by Gasteiger charge is -2.41. The van der Waals surface area contributed by atoms with Crippen molar-refractivity contribution < 1.29 is 9.13 Å². The number of halogens is 1. The highest BCUT2D eigenvalue weighted by atomic mass is 19.1. The number of rotatable bonds is 5. The molecule has 1 aliphatic heterocycles. The van der Waals surface area contributed by atoms with E-state index in [1.54, 1.807) is 12.1 Å². The zero-order valence-corrected chi connectivity index (χ0v) is 12.7. The lowest BCUT2D eigenvalue weighted by atomic mass is 9.84. The van der Waals surface area contributed by atoms with E-state index in [-0.39, 0.29) is 5.82 Å². The van der Waals surface area contributed by atoms with Crippen LogP contribution in [0.2, 0.25) is 0 Å². The van der Waals surface area contributed by atoms with Crippen molar-refractivity contribution in [1.82, 2.24) is 10.2 Å². The van der Waals surface area contributed by atoms with Crippen molar-refractivity contribution >= 4 is 0 Å². The van der Waals surface area contributed by atoms with Crippen molar-refractivity contribution in [2.45, 2.75) is 25.8 Å². The molecule has 1 fully saturated rings. The molecule has 1 N–H and O–H groups in total. The van der Waals surface area contributed by atoms with Gasteiger partial charge in [0.15, 0.2) is 11.6 Å². The van der Waals surface area contributed by atoms with E-state index < -0.39 is 0 Å². The number of benzene rings is 1. The first kappa shape index (κ1) is 15.3. The predicted molar refractivity (Wildman–Crippen MR) is 79.6 cm³/mol. The second-order valence-electron chi connectivity index (χ2n) is 5.43. The molecule has 0 bridgehead atoms. The Hall–Kier alpha value is -1.13. The normalized spacial score (nSPS) is 23.8. The summed E-state index contributed by atoms with van der Waals surface area (Å²) >= 11 is 0. The highest BCUT2D eigenvalue weighted by Crippen LogP contribution is 2.36. The van der Waals surface area contributed by atoms with Gasteiger partial charge in [0, 0.05) is 6.04 Å². The van der Waals surface area contributed by atoms with Crippen LogP contribution in [0.3, 0.4) is 0 Å². The Bertz CT molecular complexity index is 436. The maximum absolute atomic E-state index is 14.0. The third-order valence-corrected chi connectivity index (χ3v) is 4.25. The Balaban J connectivity index is 2.30. The molecular weight excluding hydrogens is 255 g/mol. The first-order valence-corrected chi connectivity index (χ1v) is 7.43. The van der Waals surface area contributed by atoms with Gasteiger partial charge in [-0.05, 0) is 63.1 Å². The summed E-state index contributed by atoms with van der Waals surface area (Å²) in [5.41, 5.74) is 1.06. The van der Waals surface area contributed by atoms with Crippen LogP contribution in [0.25, 0.3) is 0 Å². The Kier molecular flexibility index (Phi) is 5.38. The molecule has 3 nitrogen and oxygen atoms in total. The van der Waals surface area contributed by atoms with Gasteiger partial charge in [0.1, 0.15) is 0 Å². The van der Waals surface area contributed by atoms with Crippen LogP contribution >= 0.6 is 0 Å². The molecule has 2 rings (SSSR count). The van der Waals surface area contributed by atoms with Crippen molar-refractivity contribution in [3.8, 4) is 5.75 Å². The highest BCUT2D eigenvalue weighted by Gasteiger charge is 2.31. The molecule has 0 saturated carbocycles. The smallest absolute Gasteiger partial charge is 0.165 e. The van der Waals surface area contributed by atoms with E-state index in [0.717, 1.165) is 25.2 Å². The highest BCUT2D eigenvalue weighted by molar-refractivity contribution is 5.31. The third kappa shape index (κ3) is 3.13. The summed E-state index contributed by atoms with van der Waals surface area (Å²) in [4.78, 5) is 2.45. The second-order valence-corrected chi connectivity index (χ2v) is 5.43. The lowest BCUT2D eigenvalue weighted by Crippen LogP contribution is -2.42. The maximum atomic E-state index is 14.0. The third-order valence-electron chi connectivity index (χ3n) is 4.25. The lowest BCUT2D eigenvalue weighted by molar-refractivity contribution is 0.0979. The minimum Gasteiger partial charge on any atom is -0.494 e. The molecule has 112 valence electrons. The van der Waals surface area contributed by atoms with Crippen molar-refractivity contribution in [1.29, 1.82) is 0 Å². The largest absolute Gasteiger partial charge is 0.494 e. The summed E-state index contributed by atoms with van der Waals surface area (Å²) in [6.07, 6.45) is 2.41. The average Bonchev–Trinajstić information content (AvgIpc) is 2.47. The molecular formula is C16H25FN2O. The van der Waals surface area contributed by atoms with Crippen LogP contribution in [0, 0.1) is 11.7 Å². The molecule has 20 heavy (non-hydrogen) atoms. The van der Waals surface area contributed by atoms with E-state index in [4.69, 9.17) is 4.74 Å². The SMILES string of the molecule is CCN1CCCC(CNC)C1c1ccc(OC)c(F)c1. The molecule has 1 saturated heterocycles. The van der Waals surface area contributed by atoms with Crippen LogP contribution in [0.15, 0.2) is 18.2 Å². The van der Waals surface area contributed by atoms with Crippen LogP contribution < -0.4 is 10.1 Å². The van der Waals surface area contributed by atoms with E-state index in [2.05, 4.69) is 17.1 Å². The Morgan fingerprint density at radius 3 is 2.85 bits per heavy atom. The summed E-state index contributed by atoms with van der Waals surface area (Å²) in [6, 6.07) is 5.68. The van der Waals surface area contributed by atoms with Gasteiger partial charge in [-0.2, -0.15) is 0 Å². The molecule has 1 aliphatic rings. The molecule has 4 heteroatoms. The quantitative estimate of drug-likeness (QED) is 0.897. The van der Waals surface area contributed by atoms with E-state index in [0.29, 0.717) is 17.7 Å². The standard InChI is InChI=1S/C16H25FN2O/c1-4-19-9-5-6-13(11-18-2)16(19)12-7-8-15(20-3)14(17)10-12/h7-8,10,13,16,18H,4-6,9,11H2,1-3H3. The van der Waals surface area contributed by atoms with Crippen LogP contribution in [0.4, 0.5) is 4.39 Å². The second kappa shape index (κ2) is 7.04. The molecule has 1 heterocycles. The summed E-state index contributed by atoms with van der Waals surface area (Å²) in [5, 5.41) is 3.27. The minimum absolute atomic E-state index is 0.269. The molecule has 1 aromatic rings. The Morgan fingerprint density at radius 1 is 1.45 bits per heavy atom. The summed E-state index contributed by atoms with van der Waals surface area (Å²) < 4.78 is 19.0. The van der Waals surface area contributed by atoms with Crippen molar-refractivity contribution in [3.63, 3.8) is 0 Å². The monoisotopic (exact) mass is 280 g/mol. The van der Waals surface area contributed by atoms with Crippen molar-refractivity contribution in [2.75, 3.05) is 33.8 Å². The number of nitrogens with zero attached hydrogens (tertiary/aromatic N) is 1. The van der Waals surface area contributed by atoms with Crippen molar-refractivity contribution in [3.05, 3.63) is 29.6 Å². The number of ether oxygens (including phenoxy) is 1. The molecule has 1 aromatic carbocycles. The number of hydrogen-bond acceptors (Lipinski definition) is 3. The van der Waals surface area contributed by atoms with E-state index in [9.17, 15) is 4.39 Å². The van der Waals surface area contributed by atoms with Crippen LogP contribution in [0.1, 0.15) is 31.4 Å². The van der Waals surface area contributed by atoms with Crippen LogP contribution in [0.5, 0.6) is 5.75 Å². The van der Waals surface area contributed by atoms with Gasteiger partial charge < -0.3 is 10.1 Å². The zero-order chi connectivity index (χ0) is 14.5. The van der Waals surface area contributed by atoms with Crippen LogP contribution in [-0.2, 0) is 0 Å². The fraction of sp³-hybridized carbons (Fsp3) is 0.625. The predicted octanol–water partition coefficient (Wildman–Crippen LogP) is 2.83. The van der Waals surface area contributed by atoms with Gasteiger partial charge >= 0.3 is 0 Å². The van der Waals surface area contributed by atoms with E-state index in [1.807, 2.05) is 13.1 Å². The van der Waals surface area contributed by atoms with Gasteiger partial charge in [-0.3, -0.25) is 4.90 Å². The van der Waals surface area contributed by atoms with Gasteiger partial charge in [-0.25, -0.2) is 4.39 Å². The molecule has 0 spiro atoms. The first-order valence-electron chi connectivity index (χ1n) is 7.43.